The van der Waals surface area contributed by atoms with Gasteiger partial charge in [-0.1, -0.05) is 41.4 Å². The Morgan fingerprint density at radius 3 is 2.38 bits per heavy atom. The third kappa shape index (κ3) is 9.40. The Balaban J connectivity index is 0.00000168. The van der Waals surface area contributed by atoms with Gasteiger partial charge < -0.3 is 28.8 Å². The monoisotopic (exact) mass is 752 g/mol. The molecule has 5 heterocycles. The zero-order valence-corrected chi connectivity index (χ0v) is 30.0. The molecule has 0 spiro atoms. The maximum atomic E-state index is 13.8. The first-order valence-electron chi connectivity index (χ1n) is 16.4. The number of nitrogens with zero attached hydrogens (tertiary/aromatic N) is 4. The van der Waals surface area contributed by atoms with E-state index in [0.717, 1.165) is 37.2 Å². The fourth-order valence-electron chi connectivity index (χ4n) is 6.39. The van der Waals surface area contributed by atoms with Crippen molar-refractivity contribution in [3.8, 4) is 11.5 Å². The number of halogens is 2. The topological polar surface area (TPSA) is 155 Å². The number of anilines is 1. The summed E-state index contributed by atoms with van der Waals surface area (Å²) >= 11 is 12.9. The maximum Gasteiger partial charge on any atom is 0.414 e. The minimum atomic E-state index is -0.857. The molecule has 1 N–H and O–H groups in total. The van der Waals surface area contributed by atoms with E-state index in [9.17, 15) is 14.8 Å². The van der Waals surface area contributed by atoms with E-state index in [1.807, 2.05) is 6.07 Å². The molecular formula is C37H38Cl2N4O9. The highest BCUT2D eigenvalue weighted by molar-refractivity contribution is 6.35. The number of carbonyl (C=O) groups is 3. The van der Waals surface area contributed by atoms with Crippen LogP contribution in [0.25, 0.3) is 0 Å². The van der Waals surface area contributed by atoms with E-state index in [0.29, 0.717) is 39.8 Å². The third-order valence-electron chi connectivity index (χ3n) is 9.02. The molecule has 2 aromatic carbocycles. The van der Waals surface area contributed by atoms with Gasteiger partial charge in [0.05, 0.1) is 38.2 Å². The van der Waals surface area contributed by atoms with Gasteiger partial charge in [0.2, 0.25) is 12.4 Å². The molecule has 2 atom stereocenters. The van der Waals surface area contributed by atoms with Gasteiger partial charge in [0.15, 0.2) is 11.5 Å². The summed E-state index contributed by atoms with van der Waals surface area (Å²) in [5, 5.41) is 18.5. The van der Waals surface area contributed by atoms with E-state index in [1.54, 1.807) is 60.9 Å². The van der Waals surface area contributed by atoms with Crippen LogP contribution in [0.5, 0.6) is 11.5 Å². The number of pyridine rings is 2. The van der Waals surface area contributed by atoms with Crippen molar-refractivity contribution < 1.29 is 48.4 Å². The lowest BCUT2D eigenvalue weighted by molar-refractivity contribution is -0.904. The van der Waals surface area contributed by atoms with E-state index < -0.39 is 24.6 Å². The largest absolute Gasteiger partial charge is 0.554 e. The number of aromatic nitrogens is 2. The molecule has 2 aromatic heterocycles. The Kier molecular flexibility index (Phi) is 13.1. The normalized spacial score (nSPS) is 17.9. The molecule has 0 unspecified atom stereocenters. The van der Waals surface area contributed by atoms with Crippen molar-refractivity contribution in [3.63, 3.8) is 0 Å². The van der Waals surface area contributed by atoms with Crippen molar-refractivity contribution in [2.45, 2.75) is 38.0 Å². The Morgan fingerprint density at radius 2 is 1.77 bits per heavy atom. The molecule has 0 aliphatic carbocycles. The van der Waals surface area contributed by atoms with Gasteiger partial charge in [-0.15, -0.1) is 0 Å². The molecule has 52 heavy (non-hydrogen) atoms. The fourth-order valence-corrected chi connectivity index (χ4v) is 7.00. The Bertz CT molecular complexity index is 1840. The van der Waals surface area contributed by atoms with Crippen LogP contribution < -0.4 is 24.2 Å². The molecule has 2 bridgehead atoms. The van der Waals surface area contributed by atoms with E-state index in [-0.39, 0.29) is 34.7 Å². The second-order valence-electron chi connectivity index (χ2n) is 12.2. The number of ether oxygens (including phenoxy) is 4. The Hall–Kier alpha value is -5.11. The second kappa shape index (κ2) is 17.9. The lowest BCUT2D eigenvalue weighted by atomic mass is 9.86. The van der Waals surface area contributed by atoms with Gasteiger partial charge in [-0.3, -0.25) is 20.0 Å². The van der Waals surface area contributed by atoms with Gasteiger partial charge >= 0.3 is 12.1 Å². The summed E-state index contributed by atoms with van der Waals surface area (Å²) < 4.78 is 23.9. The van der Waals surface area contributed by atoms with Crippen LogP contribution in [0.3, 0.4) is 0 Å². The zero-order valence-electron chi connectivity index (χ0n) is 28.5. The van der Waals surface area contributed by atoms with Crippen LogP contribution in [0.15, 0.2) is 79.4 Å². The summed E-state index contributed by atoms with van der Waals surface area (Å²) in [4.78, 5) is 43.8. The molecule has 15 heteroatoms. The molecule has 0 saturated carbocycles. The first-order chi connectivity index (χ1) is 25.1. The number of piperidine rings is 3. The standard InChI is InChI=1S/C36H37Cl2N4O7.CH2O2/c1-46-31-9-8-25(16-33(31)47-2)32(17-28-29(37)20-41(45)21-30(28)38)48-35(43)26-6-3-5-23(15-26)19-42(27-7-4-12-39-18-27)36(44)49-34-22-40-13-10-24(34)11-14-40;2-1-3/h3-9,12,15-16,18,20-21,24,32,34,45H,10-11,13-14,17,19,22H2,1-2H3;1H,(H,2,3)/q+1;/p-1/t32-,34-;/m0./s1. The van der Waals surface area contributed by atoms with Crippen molar-refractivity contribution in [2.24, 2.45) is 5.92 Å². The van der Waals surface area contributed by atoms with Crippen LogP contribution in [0.4, 0.5) is 10.5 Å². The Morgan fingerprint density at radius 1 is 1.06 bits per heavy atom. The van der Waals surface area contributed by atoms with Gasteiger partial charge in [-0.2, -0.15) is 0 Å². The van der Waals surface area contributed by atoms with E-state index in [1.165, 1.54) is 31.5 Å². The summed E-state index contributed by atoms with van der Waals surface area (Å²) in [5.41, 5.74) is 2.62. The minimum Gasteiger partial charge on any atom is -0.554 e. The average Bonchev–Trinajstić information content (AvgIpc) is 3.15. The minimum absolute atomic E-state index is 0.0969. The molecule has 3 saturated heterocycles. The molecule has 3 fully saturated rings. The third-order valence-corrected chi connectivity index (χ3v) is 9.67. The Labute approximate surface area is 310 Å². The van der Waals surface area contributed by atoms with Crippen molar-refractivity contribution in [1.82, 2.24) is 9.88 Å². The summed E-state index contributed by atoms with van der Waals surface area (Å²) in [7, 11) is 3.05. The first kappa shape index (κ1) is 38.1. The van der Waals surface area contributed by atoms with Crippen molar-refractivity contribution in [2.75, 3.05) is 38.8 Å². The second-order valence-corrected chi connectivity index (χ2v) is 13.0. The molecule has 0 radical (unpaired) electrons. The molecule has 274 valence electrons. The lowest BCUT2D eigenvalue weighted by Crippen LogP contribution is -2.53. The molecule has 3 aliphatic heterocycles. The van der Waals surface area contributed by atoms with Gasteiger partial charge in [0.1, 0.15) is 22.3 Å². The molecule has 1 amide bonds. The van der Waals surface area contributed by atoms with Crippen LogP contribution in [-0.2, 0) is 27.2 Å². The number of rotatable bonds is 11. The van der Waals surface area contributed by atoms with Crippen LogP contribution >= 0.6 is 23.2 Å². The van der Waals surface area contributed by atoms with Crippen molar-refractivity contribution in [3.05, 3.63) is 112 Å². The van der Waals surface area contributed by atoms with Gasteiger partial charge in [0, 0.05) is 35.9 Å². The number of carboxylic acid groups (broad SMARTS) is 1. The summed E-state index contributed by atoms with van der Waals surface area (Å²) in [6.07, 6.45) is 6.50. The van der Waals surface area contributed by atoms with Crippen molar-refractivity contribution in [1.29, 1.82) is 0 Å². The zero-order chi connectivity index (χ0) is 37.2. The van der Waals surface area contributed by atoms with Crippen LogP contribution in [0, 0.1) is 5.92 Å². The summed E-state index contributed by atoms with van der Waals surface area (Å²) in [6.45, 7) is 2.45. The predicted molar refractivity (Wildman–Crippen MR) is 188 cm³/mol. The number of hydrogen-bond acceptors (Lipinski definition) is 11. The molecule has 7 rings (SSSR count). The SMILES string of the molecule is COc1ccc([C@H](Cc2c(Cl)c[n+](O)cc2Cl)OC(=O)c2cccc(CN(C(=O)O[C@H]3CN4CCC3CC4)c3cccnc3)c2)cc1OC.O=C[O-]. The molecule has 13 nitrogen and oxygen atoms in total. The number of carbonyl (C=O) groups excluding carboxylic acids is 3. The highest BCUT2D eigenvalue weighted by Crippen LogP contribution is 2.36. The quantitative estimate of drug-likeness (QED) is 0.0984. The van der Waals surface area contributed by atoms with Crippen LogP contribution in [-0.4, -0.2) is 73.6 Å². The fraction of sp³-hybridized carbons (Fsp3) is 0.324. The van der Waals surface area contributed by atoms with Gasteiger partial charge in [0.25, 0.3) is 0 Å². The predicted octanol–water partition coefficient (Wildman–Crippen LogP) is 4.67. The number of methoxy groups -OCH3 is 2. The smallest absolute Gasteiger partial charge is 0.414 e. The van der Waals surface area contributed by atoms with E-state index in [4.69, 9.17) is 52.1 Å². The average molecular weight is 754 g/mol. The molecule has 3 aliphatic rings. The maximum absolute atomic E-state index is 13.8. The van der Waals surface area contributed by atoms with Crippen molar-refractivity contribution >= 4 is 47.4 Å². The number of esters is 1. The number of amides is 1. The number of fused-ring (bicyclic) bond motifs is 3. The van der Waals surface area contributed by atoms with Gasteiger partial charge in [-0.25, -0.2) is 9.59 Å². The van der Waals surface area contributed by atoms with Crippen LogP contribution in [0.1, 0.15) is 46.0 Å². The lowest BCUT2D eigenvalue weighted by Gasteiger charge is -2.44. The highest BCUT2D eigenvalue weighted by Gasteiger charge is 2.37. The van der Waals surface area contributed by atoms with Crippen LogP contribution in [0.2, 0.25) is 10.0 Å². The van der Waals surface area contributed by atoms with Gasteiger partial charge in [-0.05, 0) is 79.4 Å². The molecular weight excluding hydrogens is 715 g/mol. The highest BCUT2D eigenvalue weighted by atomic mass is 35.5. The first-order valence-corrected chi connectivity index (χ1v) is 17.2. The van der Waals surface area contributed by atoms with E-state index >= 15 is 0 Å². The number of benzene rings is 2. The van der Waals surface area contributed by atoms with E-state index in [2.05, 4.69) is 9.88 Å². The number of hydrogen-bond donors (Lipinski definition) is 1. The summed E-state index contributed by atoms with van der Waals surface area (Å²) in [6, 6.07) is 15.7. The molecule has 4 aromatic rings. The summed E-state index contributed by atoms with van der Waals surface area (Å²) in [5.74, 6) is 0.699.